The molecule has 0 saturated heterocycles. The molecule has 0 aliphatic heterocycles. The number of ether oxygens (including phenoxy) is 2. The highest BCUT2D eigenvalue weighted by Gasteiger charge is 2.04. The van der Waals surface area contributed by atoms with Gasteiger partial charge >= 0.3 is 5.97 Å². The van der Waals surface area contributed by atoms with Gasteiger partial charge in [-0.2, -0.15) is 0 Å². The molecule has 0 spiro atoms. The van der Waals surface area contributed by atoms with Crippen molar-refractivity contribution >= 4 is 23.6 Å². The van der Waals surface area contributed by atoms with E-state index < -0.39 is 5.97 Å². The first-order valence-electron chi connectivity index (χ1n) is 6.23. The van der Waals surface area contributed by atoms with Gasteiger partial charge in [0, 0.05) is 23.2 Å². The van der Waals surface area contributed by atoms with E-state index in [0.717, 1.165) is 12.5 Å². The molecule has 0 aliphatic carbocycles. The smallest absolute Gasteiger partial charge is 0.328 e. The third kappa shape index (κ3) is 5.80. The summed E-state index contributed by atoms with van der Waals surface area (Å²) in [6, 6.07) is 5.27. The minimum atomic E-state index is -1.01. The third-order valence-corrected chi connectivity index (χ3v) is 2.47. The fraction of sp³-hybridized carbons (Fsp3) is 0.267. The number of carboxylic acid groups (broad SMARTS) is 1. The zero-order chi connectivity index (χ0) is 14.8. The molecule has 0 aliphatic rings. The summed E-state index contributed by atoms with van der Waals surface area (Å²) < 4.78 is 11.1. The van der Waals surface area contributed by atoms with E-state index in [4.69, 9.17) is 26.2 Å². The number of halogens is 1. The molecule has 0 saturated carbocycles. The van der Waals surface area contributed by atoms with Crippen LogP contribution in [-0.4, -0.2) is 24.3 Å². The first-order chi connectivity index (χ1) is 9.67. The first-order valence-corrected chi connectivity index (χ1v) is 6.67. The van der Waals surface area contributed by atoms with Crippen molar-refractivity contribution < 1.29 is 19.4 Å². The molecule has 4 nitrogen and oxygen atoms in total. The lowest BCUT2D eigenvalue weighted by Gasteiger charge is -2.10. The lowest BCUT2D eigenvalue weighted by atomic mass is 10.1. The molecule has 0 fully saturated rings. The first kappa shape index (κ1) is 16.1. The summed E-state index contributed by atoms with van der Waals surface area (Å²) in [5.74, 6) is 0.220. The van der Waals surface area contributed by atoms with E-state index in [1.165, 1.54) is 11.6 Å². The molecule has 0 bridgehead atoms. The van der Waals surface area contributed by atoms with Crippen molar-refractivity contribution in [2.45, 2.75) is 13.3 Å². The Labute approximate surface area is 123 Å². The van der Waals surface area contributed by atoms with E-state index in [9.17, 15) is 4.79 Å². The standard InChI is InChI=1S/C15H17ClO4/c1-2-9-19-13-6-4-12(5-7-15(17)18)14(11-13)20-10-3-8-16/h3-8,11H,2,9-10H2,1H3,(H,17,18)/b7-5+,8-3+. The van der Waals surface area contributed by atoms with Crippen LogP contribution in [-0.2, 0) is 4.79 Å². The number of hydrogen-bond acceptors (Lipinski definition) is 3. The highest BCUT2D eigenvalue weighted by Crippen LogP contribution is 2.26. The van der Waals surface area contributed by atoms with Crippen molar-refractivity contribution in [2.75, 3.05) is 13.2 Å². The molecule has 20 heavy (non-hydrogen) atoms. The average molecular weight is 297 g/mol. The van der Waals surface area contributed by atoms with Gasteiger partial charge in [-0.05, 0) is 30.7 Å². The fourth-order valence-electron chi connectivity index (χ4n) is 1.42. The average Bonchev–Trinajstić information content (AvgIpc) is 2.44. The Morgan fingerprint density at radius 2 is 2.20 bits per heavy atom. The number of carboxylic acids is 1. The summed E-state index contributed by atoms with van der Waals surface area (Å²) in [5, 5.41) is 8.67. The lowest BCUT2D eigenvalue weighted by Crippen LogP contribution is -1.99. The van der Waals surface area contributed by atoms with Gasteiger partial charge in [0.05, 0.1) is 6.61 Å². The number of benzene rings is 1. The van der Waals surface area contributed by atoms with Gasteiger partial charge < -0.3 is 14.6 Å². The van der Waals surface area contributed by atoms with Gasteiger partial charge in [-0.1, -0.05) is 18.5 Å². The molecule has 5 heteroatoms. The van der Waals surface area contributed by atoms with Crippen LogP contribution in [0, 0.1) is 0 Å². The molecule has 1 aromatic carbocycles. The van der Waals surface area contributed by atoms with Gasteiger partial charge in [0.1, 0.15) is 18.1 Å². The van der Waals surface area contributed by atoms with Crippen molar-refractivity contribution in [3.8, 4) is 11.5 Å². The second-order valence-corrected chi connectivity index (χ2v) is 4.14. The van der Waals surface area contributed by atoms with E-state index in [1.807, 2.05) is 6.92 Å². The van der Waals surface area contributed by atoms with Gasteiger partial charge in [-0.25, -0.2) is 4.79 Å². The van der Waals surface area contributed by atoms with Crippen LogP contribution < -0.4 is 9.47 Å². The molecule has 108 valence electrons. The summed E-state index contributed by atoms with van der Waals surface area (Å²) in [5.41, 5.74) is 2.03. The van der Waals surface area contributed by atoms with Crippen LogP contribution in [0.4, 0.5) is 0 Å². The summed E-state index contributed by atoms with van der Waals surface area (Å²) in [7, 11) is 0. The Morgan fingerprint density at radius 1 is 1.40 bits per heavy atom. The predicted molar refractivity (Wildman–Crippen MR) is 79.4 cm³/mol. The second kappa shape index (κ2) is 9.04. The maximum Gasteiger partial charge on any atom is 0.328 e. The Bertz CT molecular complexity index is 495. The largest absolute Gasteiger partial charge is 0.493 e. The summed E-state index contributed by atoms with van der Waals surface area (Å²) in [4.78, 5) is 10.6. The van der Waals surface area contributed by atoms with Crippen LogP contribution in [0.5, 0.6) is 11.5 Å². The summed E-state index contributed by atoms with van der Waals surface area (Å²) in [6.45, 7) is 2.94. The molecule has 1 N–H and O–H groups in total. The molecule has 1 aromatic rings. The number of carbonyl (C=O) groups is 1. The number of aliphatic carboxylic acids is 1. The van der Waals surface area contributed by atoms with E-state index in [-0.39, 0.29) is 0 Å². The lowest BCUT2D eigenvalue weighted by molar-refractivity contribution is -0.131. The van der Waals surface area contributed by atoms with E-state index in [1.54, 1.807) is 24.3 Å². The Morgan fingerprint density at radius 3 is 2.85 bits per heavy atom. The van der Waals surface area contributed by atoms with Gasteiger partial charge in [-0.3, -0.25) is 0 Å². The Hall–Kier alpha value is -1.94. The Balaban J connectivity index is 2.92. The van der Waals surface area contributed by atoms with Gasteiger partial charge in [-0.15, -0.1) is 0 Å². The van der Waals surface area contributed by atoms with Crippen LogP contribution in [0.3, 0.4) is 0 Å². The predicted octanol–water partition coefficient (Wildman–Crippen LogP) is 3.70. The highest BCUT2D eigenvalue weighted by atomic mass is 35.5. The SMILES string of the molecule is CCCOc1ccc(/C=C/C(=O)O)c(OC/C=C/Cl)c1. The molecule has 1 rings (SSSR count). The van der Waals surface area contributed by atoms with Crippen LogP contribution in [0.2, 0.25) is 0 Å². The zero-order valence-corrected chi connectivity index (χ0v) is 12.0. The normalized spacial score (nSPS) is 11.1. The molecular weight excluding hydrogens is 280 g/mol. The molecule has 0 atom stereocenters. The van der Waals surface area contributed by atoms with Gasteiger partial charge in [0.2, 0.25) is 0 Å². The molecule has 0 unspecified atom stereocenters. The summed E-state index contributed by atoms with van der Waals surface area (Å²) in [6.07, 6.45) is 5.09. The molecule has 0 heterocycles. The van der Waals surface area contributed by atoms with Crippen LogP contribution in [0.25, 0.3) is 6.08 Å². The maximum atomic E-state index is 10.6. The Kier molecular flexibility index (Phi) is 7.29. The maximum absolute atomic E-state index is 10.6. The molecule has 0 amide bonds. The summed E-state index contributed by atoms with van der Waals surface area (Å²) >= 11 is 5.43. The number of rotatable bonds is 8. The van der Waals surface area contributed by atoms with Gasteiger partial charge in [0.15, 0.2) is 0 Å². The van der Waals surface area contributed by atoms with Crippen molar-refractivity contribution in [1.82, 2.24) is 0 Å². The van der Waals surface area contributed by atoms with Crippen molar-refractivity contribution in [3.05, 3.63) is 41.4 Å². The van der Waals surface area contributed by atoms with E-state index >= 15 is 0 Å². The molecule has 0 aromatic heterocycles. The number of hydrogen-bond donors (Lipinski definition) is 1. The van der Waals surface area contributed by atoms with Crippen molar-refractivity contribution in [2.24, 2.45) is 0 Å². The molecule has 0 radical (unpaired) electrons. The highest BCUT2D eigenvalue weighted by molar-refractivity contribution is 6.25. The third-order valence-electron chi connectivity index (χ3n) is 2.29. The van der Waals surface area contributed by atoms with Crippen molar-refractivity contribution in [1.29, 1.82) is 0 Å². The van der Waals surface area contributed by atoms with Crippen LogP contribution in [0.15, 0.2) is 35.9 Å². The van der Waals surface area contributed by atoms with Crippen LogP contribution in [0.1, 0.15) is 18.9 Å². The quantitative estimate of drug-likeness (QED) is 0.743. The second-order valence-electron chi connectivity index (χ2n) is 3.89. The van der Waals surface area contributed by atoms with E-state index in [2.05, 4.69) is 0 Å². The van der Waals surface area contributed by atoms with E-state index in [0.29, 0.717) is 30.3 Å². The minimum Gasteiger partial charge on any atom is -0.493 e. The topological polar surface area (TPSA) is 55.8 Å². The monoisotopic (exact) mass is 296 g/mol. The fourth-order valence-corrected chi connectivity index (χ4v) is 1.50. The van der Waals surface area contributed by atoms with Crippen molar-refractivity contribution in [3.63, 3.8) is 0 Å². The van der Waals surface area contributed by atoms with Crippen LogP contribution >= 0.6 is 11.6 Å². The minimum absolute atomic E-state index is 0.300. The van der Waals surface area contributed by atoms with Gasteiger partial charge in [0.25, 0.3) is 0 Å². The molecular formula is C15H17ClO4. The zero-order valence-electron chi connectivity index (χ0n) is 11.2.